The number of halogens is 3. The number of carbonyl (C=O) groups is 1. The lowest BCUT2D eigenvalue weighted by atomic mass is 9.85. The van der Waals surface area contributed by atoms with E-state index in [1.54, 1.807) is 0 Å². The van der Waals surface area contributed by atoms with Crippen LogP contribution in [0.25, 0.3) is 0 Å². The van der Waals surface area contributed by atoms with Crippen LogP contribution in [0.5, 0.6) is 0 Å². The Morgan fingerprint density at radius 3 is 2.85 bits per heavy atom. The number of primary amides is 1. The Kier molecular flexibility index (Phi) is 3.56. The molecule has 0 saturated carbocycles. The van der Waals surface area contributed by atoms with Crippen LogP contribution in [0, 0.1) is 5.82 Å². The number of aliphatic imine (C=N–C) groups is 1. The van der Waals surface area contributed by atoms with Crippen LogP contribution < -0.4 is 11.5 Å². The molecule has 0 fully saturated rings. The van der Waals surface area contributed by atoms with Crippen LogP contribution in [-0.4, -0.2) is 31.4 Å². The van der Waals surface area contributed by atoms with E-state index in [1.165, 1.54) is 0 Å². The number of carbonyl (C=O) groups excluding carboxylic acids is 1. The minimum atomic E-state index is -2.17. The predicted octanol–water partition coefficient (Wildman–Crippen LogP) is 0.772. The molecule has 0 spiro atoms. The van der Waals surface area contributed by atoms with E-state index in [9.17, 15) is 18.0 Å². The Morgan fingerprint density at radius 2 is 2.25 bits per heavy atom. The van der Waals surface area contributed by atoms with Crippen LogP contribution in [0.1, 0.15) is 15.9 Å². The average molecular weight is 287 g/mol. The monoisotopic (exact) mass is 287 g/mol. The first kappa shape index (κ1) is 14.2. The molecule has 0 bridgehead atoms. The molecule has 1 aromatic rings. The second kappa shape index (κ2) is 5.03. The van der Waals surface area contributed by atoms with Gasteiger partial charge in [0, 0.05) is 11.1 Å². The first-order valence-electron chi connectivity index (χ1n) is 5.68. The third-order valence-electron chi connectivity index (χ3n) is 3.13. The molecule has 0 saturated heterocycles. The van der Waals surface area contributed by atoms with E-state index in [-0.39, 0.29) is 5.56 Å². The molecule has 0 aliphatic carbocycles. The van der Waals surface area contributed by atoms with Crippen molar-refractivity contribution in [2.45, 2.75) is 11.7 Å². The van der Waals surface area contributed by atoms with Crippen LogP contribution in [0.3, 0.4) is 0 Å². The summed E-state index contributed by atoms with van der Waals surface area (Å²) in [6.07, 6.45) is -1.95. The molecular formula is C12H12F3N3O2. The number of benzene rings is 1. The fourth-order valence-electron chi connectivity index (χ4n) is 2.02. The summed E-state index contributed by atoms with van der Waals surface area (Å²) in [5, 5.41) is 0. The van der Waals surface area contributed by atoms with E-state index in [4.69, 9.17) is 11.5 Å². The van der Waals surface area contributed by atoms with E-state index in [0.717, 1.165) is 18.2 Å². The van der Waals surface area contributed by atoms with Crippen LogP contribution >= 0.6 is 0 Å². The summed E-state index contributed by atoms with van der Waals surface area (Å²) in [7, 11) is 0. The van der Waals surface area contributed by atoms with Crippen molar-refractivity contribution in [3.63, 3.8) is 0 Å². The fourth-order valence-corrected chi connectivity index (χ4v) is 2.02. The van der Waals surface area contributed by atoms with Gasteiger partial charge in [-0.05, 0) is 18.2 Å². The molecule has 1 amide bonds. The second-order valence-electron chi connectivity index (χ2n) is 4.35. The summed E-state index contributed by atoms with van der Waals surface area (Å²) in [5.41, 5.74) is 7.72. The third-order valence-corrected chi connectivity index (χ3v) is 3.13. The smallest absolute Gasteiger partial charge is 0.283 e. The van der Waals surface area contributed by atoms with E-state index in [2.05, 4.69) is 9.73 Å². The van der Waals surface area contributed by atoms with Gasteiger partial charge < -0.3 is 16.2 Å². The maximum Gasteiger partial charge on any atom is 0.283 e. The molecule has 1 aliphatic rings. The Bertz CT molecular complexity index is 579. The molecule has 0 unspecified atom stereocenters. The van der Waals surface area contributed by atoms with Crippen molar-refractivity contribution >= 4 is 11.9 Å². The Labute approximate surface area is 112 Å². The maximum absolute atomic E-state index is 14.1. The Balaban J connectivity index is 2.64. The molecule has 108 valence electrons. The van der Waals surface area contributed by atoms with Crippen LogP contribution in [-0.2, 0) is 10.3 Å². The molecule has 20 heavy (non-hydrogen) atoms. The van der Waals surface area contributed by atoms with Crippen LogP contribution in [0.15, 0.2) is 23.2 Å². The SMILES string of the molecule is NC(=O)c1ccc(F)c([C@]2(CF)N=C(N)OC[C@H]2F)c1. The van der Waals surface area contributed by atoms with Gasteiger partial charge in [0.1, 0.15) is 19.1 Å². The zero-order valence-electron chi connectivity index (χ0n) is 10.3. The fraction of sp³-hybridized carbons (Fsp3) is 0.333. The molecule has 5 nitrogen and oxygen atoms in total. The lowest BCUT2D eigenvalue weighted by Crippen LogP contribution is -2.47. The van der Waals surface area contributed by atoms with E-state index in [1.807, 2.05) is 0 Å². The van der Waals surface area contributed by atoms with Gasteiger partial charge in [0.05, 0.1) is 0 Å². The lowest BCUT2D eigenvalue weighted by molar-refractivity contribution is 0.0663. The highest BCUT2D eigenvalue weighted by atomic mass is 19.1. The molecule has 0 aromatic heterocycles. The number of nitrogens with two attached hydrogens (primary N) is 2. The molecule has 1 heterocycles. The predicted molar refractivity (Wildman–Crippen MR) is 65.0 cm³/mol. The third kappa shape index (κ3) is 2.17. The quantitative estimate of drug-likeness (QED) is 0.860. The highest BCUT2D eigenvalue weighted by Crippen LogP contribution is 2.37. The van der Waals surface area contributed by atoms with Gasteiger partial charge in [0.15, 0.2) is 11.7 Å². The van der Waals surface area contributed by atoms with E-state index < -0.39 is 48.3 Å². The van der Waals surface area contributed by atoms with Gasteiger partial charge in [-0.25, -0.2) is 18.2 Å². The molecule has 8 heteroatoms. The van der Waals surface area contributed by atoms with Crippen LogP contribution in [0.4, 0.5) is 13.2 Å². The number of amidine groups is 1. The summed E-state index contributed by atoms with van der Waals surface area (Å²) < 4.78 is 46.1. The normalized spacial score (nSPS) is 25.8. The van der Waals surface area contributed by atoms with Gasteiger partial charge in [-0.2, -0.15) is 0 Å². The molecule has 1 aliphatic heterocycles. The lowest BCUT2D eigenvalue weighted by Gasteiger charge is -2.34. The van der Waals surface area contributed by atoms with Crippen molar-refractivity contribution < 1.29 is 22.7 Å². The van der Waals surface area contributed by atoms with Crippen molar-refractivity contribution in [3.8, 4) is 0 Å². The minimum Gasteiger partial charge on any atom is -0.462 e. The first-order chi connectivity index (χ1) is 9.40. The first-order valence-corrected chi connectivity index (χ1v) is 5.68. The standard InChI is InChI=1S/C12H12F3N3O2/c13-5-12(9(15)4-20-11(17)18-12)7-3-6(10(16)19)1-2-8(7)14/h1-3,9H,4-5H2,(H2,16,19)(H2,17,18)/t9-,12+/m1/s1. The van der Waals surface area contributed by atoms with Gasteiger partial charge >= 0.3 is 0 Å². The summed E-state index contributed by atoms with van der Waals surface area (Å²) in [4.78, 5) is 14.7. The van der Waals surface area contributed by atoms with Crippen molar-refractivity contribution in [2.75, 3.05) is 13.3 Å². The second-order valence-corrected chi connectivity index (χ2v) is 4.35. The number of hydrogen-bond donors (Lipinski definition) is 2. The van der Waals surface area contributed by atoms with Gasteiger partial charge in [-0.3, -0.25) is 4.79 Å². The van der Waals surface area contributed by atoms with Gasteiger partial charge in [-0.1, -0.05) is 0 Å². The topological polar surface area (TPSA) is 90.7 Å². The number of ether oxygens (including phenoxy) is 1. The zero-order valence-corrected chi connectivity index (χ0v) is 10.3. The number of nitrogens with zero attached hydrogens (tertiary/aromatic N) is 1. The molecule has 2 atom stereocenters. The van der Waals surface area contributed by atoms with Crippen molar-refractivity contribution in [1.82, 2.24) is 0 Å². The highest BCUT2D eigenvalue weighted by Gasteiger charge is 2.47. The van der Waals surface area contributed by atoms with E-state index >= 15 is 0 Å². The number of rotatable bonds is 3. The summed E-state index contributed by atoms with van der Waals surface area (Å²) in [6, 6.07) is 2.56. The average Bonchev–Trinajstić information content (AvgIpc) is 2.42. The number of hydrogen-bond acceptors (Lipinski definition) is 4. The zero-order chi connectivity index (χ0) is 14.9. The van der Waals surface area contributed by atoms with Gasteiger partial charge in [-0.15, -0.1) is 0 Å². The number of alkyl halides is 2. The summed E-state index contributed by atoms with van der Waals surface area (Å²) in [6.45, 7) is -1.89. The number of amides is 1. The Hall–Kier alpha value is -2.25. The highest BCUT2D eigenvalue weighted by molar-refractivity contribution is 5.93. The maximum atomic E-state index is 14.1. The molecular weight excluding hydrogens is 275 g/mol. The summed E-state index contributed by atoms with van der Waals surface area (Å²) >= 11 is 0. The van der Waals surface area contributed by atoms with Gasteiger partial charge in [0.25, 0.3) is 6.02 Å². The van der Waals surface area contributed by atoms with Crippen molar-refractivity contribution in [1.29, 1.82) is 0 Å². The van der Waals surface area contributed by atoms with Crippen molar-refractivity contribution in [2.24, 2.45) is 16.5 Å². The van der Waals surface area contributed by atoms with Gasteiger partial charge in [0.2, 0.25) is 5.91 Å². The molecule has 1 aromatic carbocycles. The Morgan fingerprint density at radius 1 is 1.55 bits per heavy atom. The molecule has 2 rings (SSSR count). The molecule has 0 radical (unpaired) electrons. The van der Waals surface area contributed by atoms with E-state index in [0.29, 0.717) is 0 Å². The van der Waals surface area contributed by atoms with Crippen LogP contribution in [0.2, 0.25) is 0 Å². The molecule has 4 N–H and O–H groups in total. The largest absolute Gasteiger partial charge is 0.462 e. The minimum absolute atomic E-state index is 0.0818. The van der Waals surface area contributed by atoms with Crippen molar-refractivity contribution in [3.05, 3.63) is 35.1 Å². The summed E-state index contributed by atoms with van der Waals surface area (Å²) in [5.74, 6) is -1.76.